The number of aryl methyl sites for hydroxylation is 1. The second kappa shape index (κ2) is 6.47. The van der Waals surface area contributed by atoms with Crippen molar-refractivity contribution in [1.82, 2.24) is 15.0 Å². The quantitative estimate of drug-likeness (QED) is 0.850. The monoisotopic (exact) mass is 277 g/mol. The van der Waals surface area contributed by atoms with Crippen molar-refractivity contribution in [1.29, 1.82) is 0 Å². The minimum absolute atomic E-state index is 0.752. The van der Waals surface area contributed by atoms with Gasteiger partial charge in [0.05, 0.1) is 11.6 Å². The number of nitrogens with zero attached hydrogens (tertiary/aromatic N) is 3. The maximum Gasteiger partial charge on any atom is 0.135 e. The molecule has 5 nitrogen and oxygen atoms in total. The van der Waals surface area contributed by atoms with Crippen LogP contribution in [-0.4, -0.2) is 22.0 Å². The zero-order valence-electron chi connectivity index (χ0n) is 11.5. The largest absolute Gasteiger partial charge is 0.373 e. The van der Waals surface area contributed by atoms with Crippen LogP contribution in [0.2, 0.25) is 0 Å². The molecule has 0 amide bonds. The lowest BCUT2D eigenvalue weighted by molar-refractivity contribution is 0.899. The van der Waals surface area contributed by atoms with E-state index < -0.39 is 0 Å². The SMILES string of the molecule is CCCc1c(NC)ncnc1NCc1cnc(C)s1. The molecule has 2 aromatic rings. The lowest BCUT2D eigenvalue weighted by atomic mass is 10.1. The third kappa shape index (κ3) is 3.41. The molecule has 0 saturated heterocycles. The molecular weight excluding hydrogens is 258 g/mol. The van der Waals surface area contributed by atoms with Crippen LogP contribution in [0.4, 0.5) is 11.6 Å². The van der Waals surface area contributed by atoms with Crippen molar-refractivity contribution in [3.8, 4) is 0 Å². The van der Waals surface area contributed by atoms with E-state index in [1.165, 1.54) is 4.88 Å². The first-order chi connectivity index (χ1) is 9.24. The van der Waals surface area contributed by atoms with Gasteiger partial charge in [-0.3, -0.25) is 0 Å². The van der Waals surface area contributed by atoms with E-state index in [1.807, 2.05) is 20.2 Å². The predicted octanol–water partition coefficient (Wildman–Crippen LogP) is 2.85. The van der Waals surface area contributed by atoms with Crippen LogP contribution in [0, 0.1) is 6.92 Å². The smallest absolute Gasteiger partial charge is 0.135 e. The minimum Gasteiger partial charge on any atom is -0.373 e. The molecule has 2 rings (SSSR count). The lowest BCUT2D eigenvalue weighted by Crippen LogP contribution is -2.08. The topological polar surface area (TPSA) is 62.7 Å². The van der Waals surface area contributed by atoms with Crippen LogP contribution >= 0.6 is 11.3 Å². The van der Waals surface area contributed by atoms with Gasteiger partial charge in [-0.2, -0.15) is 0 Å². The van der Waals surface area contributed by atoms with Crippen molar-refractivity contribution in [2.45, 2.75) is 33.2 Å². The fraction of sp³-hybridized carbons (Fsp3) is 0.462. The zero-order chi connectivity index (χ0) is 13.7. The molecule has 0 aliphatic heterocycles. The van der Waals surface area contributed by atoms with Gasteiger partial charge in [0.25, 0.3) is 0 Å². The van der Waals surface area contributed by atoms with Crippen molar-refractivity contribution in [2.75, 3.05) is 17.7 Å². The number of aromatic nitrogens is 3. The van der Waals surface area contributed by atoms with Crippen LogP contribution in [-0.2, 0) is 13.0 Å². The summed E-state index contributed by atoms with van der Waals surface area (Å²) in [7, 11) is 1.89. The molecule has 0 spiro atoms. The first kappa shape index (κ1) is 13.7. The summed E-state index contributed by atoms with van der Waals surface area (Å²) in [6.45, 7) is 4.92. The van der Waals surface area contributed by atoms with E-state index in [0.717, 1.165) is 41.6 Å². The predicted molar refractivity (Wildman–Crippen MR) is 79.8 cm³/mol. The van der Waals surface area contributed by atoms with Crippen molar-refractivity contribution in [3.05, 3.63) is 28.0 Å². The number of hydrogen-bond donors (Lipinski definition) is 2. The summed E-state index contributed by atoms with van der Waals surface area (Å²) in [5.41, 5.74) is 1.15. The molecule has 0 aliphatic rings. The third-order valence-corrected chi connectivity index (χ3v) is 3.69. The highest BCUT2D eigenvalue weighted by Crippen LogP contribution is 2.22. The Bertz CT molecular complexity index is 538. The van der Waals surface area contributed by atoms with Crippen LogP contribution in [0.3, 0.4) is 0 Å². The lowest BCUT2D eigenvalue weighted by Gasteiger charge is -2.12. The van der Waals surface area contributed by atoms with Gasteiger partial charge in [0.1, 0.15) is 18.0 Å². The average Bonchev–Trinajstić information content (AvgIpc) is 2.83. The summed E-state index contributed by atoms with van der Waals surface area (Å²) < 4.78 is 0. The van der Waals surface area contributed by atoms with Gasteiger partial charge in [-0.15, -0.1) is 11.3 Å². The Balaban J connectivity index is 2.14. The van der Waals surface area contributed by atoms with E-state index in [4.69, 9.17) is 0 Å². The molecule has 0 radical (unpaired) electrons. The second-order valence-electron chi connectivity index (χ2n) is 4.25. The normalized spacial score (nSPS) is 10.5. The number of anilines is 2. The molecule has 2 aromatic heterocycles. The van der Waals surface area contributed by atoms with E-state index >= 15 is 0 Å². The zero-order valence-corrected chi connectivity index (χ0v) is 12.3. The van der Waals surface area contributed by atoms with E-state index in [1.54, 1.807) is 17.7 Å². The molecule has 102 valence electrons. The molecule has 6 heteroatoms. The Morgan fingerprint density at radius 2 is 2.00 bits per heavy atom. The molecule has 0 fully saturated rings. The molecule has 19 heavy (non-hydrogen) atoms. The van der Waals surface area contributed by atoms with Crippen LogP contribution in [0.25, 0.3) is 0 Å². The molecule has 0 unspecified atom stereocenters. The van der Waals surface area contributed by atoms with Crippen molar-refractivity contribution in [3.63, 3.8) is 0 Å². The Hall–Kier alpha value is -1.69. The summed E-state index contributed by atoms with van der Waals surface area (Å²) in [4.78, 5) is 14.1. The van der Waals surface area contributed by atoms with E-state index in [0.29, 0.717) is 0 Å². The van der Waals surface area contributed by atoms with Crippen molar-refractivity contribution >= 4 is 23.0 Å². The van der Waals surface area contributed by atoms with E-state index in [2.05, 4.69) is 32.5 Å². The highest BCUT2D eigenvalue weighted by atomic mass is 32.1. The average molecular weight is 277 g/mol. The van der Waals surface area contributed by atoms with Gasteiger partial charge in [0.15, 0.2) is 0 Å². The van der Waals surface area contributed by atoms with Gasteiger partial charge in [-0.1, -0.05) is 13.3 Å². The third-order valence-electron chi connectivity index (χ3n) is 2.78. The molecule has 0 saturated carbocycles. The van der Waals surface area contributed by atoms with E-state index in [-0.39, 0.29) is 0 Å². The number of hydrogen-bond acceptors (Lipinski definition) is 6. The first-order valence-electron chi connectivity index (χ1n) is 6.41. The summed E-state index contributed by atoms with van der Waals surface area (Å²) >= 11 is 1.70. The van der Waals surface area contributed by atoms with Gasteiger partial charge in [-0.05, 0) is 13.3 Å². The summed E-state index contributed by atoms with van der Waals surface area (Å²) in [5, 5.41) is 7.59. The Morgan fingerprint density at radius 1 is 1.21 bits per heavy atom. The van der Waals surface area contributed by atoms with Crippen molar-refractivity contribution < 1.29 is 0 Å². The van der Waals surface area contributed by atoms with Gasteiger partial charge in [0, 0.05) is 23.7 Å². The van der Waals surface area contributed by atoms with Crippen LogP contribution in [0.15, 0.2) is 12.5 Å². The van der Waals surface area contributed by atoms with Crippen molar-refractivity contribution in [2.24, 2.45) is 0 Å². The van der Waals surface area contributed by atoms with Gasteiger partial charge < -0.3 is 10.6 Å². The molecule has 0 aliphatic carbocycles. The number of nitrogens with one attached hydrogen (secondary N) is 2. The van der Waals surface area contributed by atoms with Gasteiger partial charge >= 0.3 is 0 Å². The van der Waals surface area contributed by atoms with Gasteiger partial charge in [0.2, 0.25) is 0 Å². The highest BCUT2D eigenvalue weighted by molar-refractivity contribution is 7.11. The fourth-order valence-electron chi connectivity index (χ4n) is 1.92. The van der Waals surface area contributed by atoms with E-state index in [9.17, 15) is 0 Å². The molecule has 0 bridgehead atoms. The Morgan fingerprint density at radius 3 is 2.63 bits per heavy atom. The van der Waals surface area contributed by atoms with Crippen LogP contribution in [0.1, 0.15) is 28.8 Å². The number of thiazole rings is 1. The maximum absolute atomic E-state index is 4.35. The summed E-state index contributed by atoms with van der Waals surface area (Å²) in [5.74, 6) is 1.81. The summed E-state index contributed by atoms with van der Waals surface area (Å²) in [6, 6.07) is 0. The highest BCUT2D eigenvalue weighted by Gasteiger charge is 2.09. The Labute approximate surface area is 117 Å². The maximum atomic E-state index is 4.35. The standard InChI is InChI=1S/C13H19N5S/c1-4-5-11-12(14-3)17-8-18-13(11)16-7-10-6-15-9(2)19-10/h6,8H,4-5,7H2,1-3H3,(H2,14,16,17,18). The first-order valence-corrected chi connectivity index (χ1v) is 7.23. The fourth-order valence-corrected chi connectivity index (χ4v) is 2.66. The number of rotatable bonds is 6. The summed E-state index contributed by atoms with van der Waals surface area (Å²) in [6.07, 6.45) is 5.52. The molecule has 2 heterocycles. The van der Waals surface area contributed by atoms with Crippen LogP contribution < -0.4 is 10.6 Å². The minimum atomic E-state index is 0.752. The Kier molecular flexibility index (Phi) is 4.68. The van der Waals surface area contributed by atoms with Crippen LogP contribution in [0.5, 0.6) is 0 Å². The molecule has 0 aromatic carbocycles. The molecule has 0 atom stereocenters. The molecular formula is C13H19N5S. The van der Waals surface area contributed by atoms with Gasteiger partial charge in [-0.25, -0.2) is 15.0 Å². The second-order valence-corrected chi connectivity index (χ2v) is 5.57. The molecule has 2 N–H and O–H groups in total.